The van der Waals surface area contributed by atoms with E-state index in [0.717, 1.165) is 17.0 Å². The molecule has 0 fully saturated rings. The fraction of sp³-hybridized carbons (Fsp3) is 0.250. The molecule has 0 bridgehead atoms. The minimum Gasteiger partial charge on any atom is -0.378 e. The van der Waals surface area contributed by atoms with Crippen LogP contribution in [-0.4, -0.2) is 44.4 Å². The molecule has 0 radical (unpaired) electrons. The van der Waals surface area contributed by atoms with Crippen LogP contribution < -0.4 is 10.2 Å². The van der Waals surface area contributed by atoms with E-state index in [9.17, 15) is 18.5 Å². The first kappa shape index (κ1) is 19.6. The third kappa shape index (κ3) is 4.65. The molecule has 8 nitrogen and oxygen atoms in total. The number of carbonyl (C=O) groups excluding carboxylic acids is 1. The quantitative estimate of drug-likeness (QED) is 0.454. The number of sulfone groups is 1. The van der Waals surface area contributed by atoms with Gasteiger partial charge in [-0.1, -0.05) is 30.4 Å². The van der Waals surface area contributed by atoms with Gasteiger partial charge in [-0.15, -0.1) is 10.2 Å². The lowest BCUT2D eigenvalue weighted by molar-refractivity contribution is -0.112. The second kappa shape index (κ2) is 8.07. The Labute approximate surface area is 155 Å². The number of hydrogen-bond acceptors (Lipinski definition) is 8. The van der Waals surface area contributed by atoms with E-state index in [-0.39, 0.29) is 20.8 Å². The molecule has 0 aliphatic rings. The van der Waals surface area contributed by atoms with Crippen LogP contribution in [-0.2, 0) is 14.6 Å². The molecule has 26 heavy (non-hydrogen) atoms. The summed E-state index contributed by atoms with van der Waals surface area (Å²) in [5.41, 5.74) is 1.55. The fourth-order valence-electron chi connectivity index (χ4n) is 1.86. The third-order valence-electron chi connectivity index (χ3n) is 3.36. The van der Waals surface area contributed by atoms with Crippen molar-refractivity contribution in [2.24, 2.45) is 0 Å². The SMILES string of the molecule is CCS(=O)(=O)c1nnc(NC(=O)C(C#N)=Cc2ccc(N(C)C)cc2)s1. The van der Waals surface area contributed by atoms with Gasteiger partial charge in [-0.2, -0.15) is 5.26 Å². The third-order valence-corrected chi connectivity index (χ3v) is 6.38. The van der Waals surface area contributed by atoms with E-state index in [4.69, 9.17) is 0 Å². The Bertz CT molecular complexity index is 970. The average molecular weight is 391 g/mol. The summed E-state index contributed by atoms with van der Waals surface area (Å²) in [6.45, 7) is 1.49. The van der Waals surface area contributed by atoms with Crippen molar-refractivity contribution in [3.8, 4) is 6.07 Å². The summed E-state index contributed by atoms with van der Waals surface area (Å²) < 4.78 is 23.3. The normalized spacial score (nSPS) is 11.7. The van der Waals surface area contributed by atoms with Crippen LogP contribution in [0.15, 0.2) is 34.2 Å². The lowest BCUT2D eigenvalue weighted by Gasteiger charge is -2.11. The lowest BCUT2D eigenvalue weighted by Crippen LogP contribution is -2.13. The van der Waals surface area contributed by atoms with Crippen LogP contribution in [0, 0.1) is 11.3 Å². The maximum Gasteiger partial charge on any atom is 0.268 e. The van der Waals surface area contributed by atoms with E-state index >= 15 is 0 Å². The van der Waals surface area contributed by atoms with Crippen molar-refractivity contribution >= 4 is 44.0 Å². The number of anilines is 2. The molecule has 136 valence electrons. The second-order valence-electron chi connectivity index (χ2n) is 5.39. The van der Waals surface area contributed by atoms with Gasteiger partial charge in [0.05, 0.1) is 5.75 Å². The molecule has 1 N–H and O–H groups in total. The van der Waals surface area contributed by atoms with Crippen molar-refractivity contribution in [3.63, 3.8) is 0 Å². The summed E-state index contributed by atoms with van der Waals surface area (Å²) >= 11 is 0.748. The van der Waals surface area contributed by atoms with Crippen molar-refractivity contribution in [3.05, 3.63) is 35.4 Å². The van der Waals surface area contributed by atoms with E-state index in [0.29, 0.717) is 5.56 Å². The molecule has 0 saturated carbocycles. The van der Waals surface area contributed by atoms with Gasteiger partial charge in [0.1, 0.15) is 11.6 Å². The van der Waals surface area contributed by atoms with Gasteiger partial charge in [0.2, 0.25) is 19.3 Å². The standard InChI is InChI=1S/C16H17N5O3S2/c1-4-26(23,24)16-20-19-15(25-16)18-14(22)12(10-17)9-11-5-7-13(8-6-11)21(2)3/h5-9H,4H2,1-3H3,(H,18,19,22). The van der Waals surface area contributed by atoms with E-state index in [1.54, 1.807) is 12.1 Å². The van der Waals surface area contributed by atoms with E-state index < -0.39 is 15.7 Å². The highest BCUT2D eigenvalue weighted by atomic mass is 32.2. The predicted octanol–water partition coefficient (Wildman–Crippen LogP) is 1.94. The molecule has 0 aliphatic carbocycles. The number of hydrogen-bond donors (Lipinski definition) is 1. The molecular formula is C16H17N5O3S2. The maximum absolute atomic E-state index is 12.2. The first-order chi connectivity index (χ1) is 12.3. The molecule has 2 aromatic rings. The van der Waals surface area contributed by atoms with Crippen LogP contribution in [0.4, 0.5) is 10.8 Å². The van der Waals surface area contributed by atoms with Crippen LogP contribution in [0.25, 0.3) is 6.08 Å². The molecule has 0 atom stereocenters. The Hall–Kier alpha value is -2.77. The zero-order valence-electron chi connectivity index (χ0n) is 14.4. The van der Waals surface area contributed by atoms with E-state index in [1.165, 1.54) is 13.0 Å². The van der Waals surface area contributed by atoms with E-state index in [1.807, 2.05) is 37.2 Å². The summed E-state index contributed by atoms with van der Waals surface area (Å²) in [5.74, 6) is -0.789. The Kier molecular flexibility index (Phi) is 6.07. The molecule has 0 spiro atoms. The summed E-state index contributed by atoms with van der Waals surface area (Å²) in [6, 6.07) is 9.14. The van der Waals surface area contributed by atoms with Gasteiger partial charge < -0.3 is 4.90 Å². The molecular weight excluding hydrogens is 374 g/mol. The molecule has 1 aromatic heterocycles. The second-order valence-corrected chi connectivity index (χ2v) is 8.82. The molecule has 0 unspecified atom stereocenters. The topological polar surface area (TPSA) is 116 Å². The number of rotatable bonds is 6. The minimum atomic E-state index is -3.49. The number of nitriles is 1. The Morgan fingerprint density at radius 3 is 2.50 bits per heavy atom. The summed E-state index contributed by atoms with van der Waals surface area (Å²) in [5, 5.41) is 18.9. The van der Waals surface area contributed by atoms with Gasteiger partial charge in [0.25, 0.3) is 5.91 Å². The van der Waals surface area contributed by atoms with E-state index in [2.05, 4.69) is 15.5 Å². The van der Waals surface area contributed by atoms with Gasteiger partial charge >= 0.3 is 0 Å². The largest absolute Gasteiger partial charge is 0.378 e. The van der Waals surface area contributed by atoms with Gasteiger partial charge in [0, 0.05) is 19.8 Å². The summed E-state index contributed by atoms with van der Waals surface area (Å²) in [4.78, 5) is 14.2. The van der Waals surface area contributed by atoms with Crippen LogP contribution in [0.1, 0.15) is 12.5 Å². The predicted molar refractivity (Wildman–Crippen MR) is 101 cm³/mol. The van der Waals surface area contributed by atoms with Crippen LogP contribution in [0.5, 0.6) is 0 Å². The van der Waals surface area contributed by atoms with Gasteiger partial charge in [-0.05, 0) is 23.8 Å². The van der Waals surface area contributed by atoms with Crippen molar-refractivity contribution in [2.45, 2.75) is 11.3 Å². The first-order valence-electron chi connectivity index (χ1n) is 7.53. The van der Waals surface area contributed by atoms with Gasteiger partial charge in [0.15, 0.2) is 0 Å². The van der Waals surface area contributed by atoms with Gasteiger partial charge in [-0.3, -0.25) is 10.1 Å². The van der Waals surface area contributed by atoms with Crippen molar-refractivity contribution in [2.75, 3.05) is 30.1 Å². The summed E-state index contributed by atoms with van der Waals surface area (Å²) in [7, 11) is 0.333. The molecule has 1 heterocycles. The van der Waals surface area contributed by atoms with Gasteiger partial charge in [-0.25, -0.2) is 8.42 Å². The maximum atomic E-state index is 12.2. The molecule has 10 heteroatoms. The number of carbonyl (C=O) groups is 1. The molecule has 0 saturated heterocycles. The smallest absolute Gasteiger partial charge is 0.268 e. The molecule has 0 aliphatic heterocycles. The molecule has 2 rings (SSSR count). The van der Waals surface area contributed by atoms with Crippen molar-refractivity contribution < 1.29 is 13.2 Å². The number of amides is 1. The Morgan fingerprint density at radius 2 is 1.96 bits per heavy atom. The fourth-order valence-corrected chi connectivity index (χ4v) is 3.84. The lowest BCUT2D eigenvalue weighted by atomic mass is 10.1. The minimum absolute atomic E-state index is 0.0196. The summed E-state index contributed by atoms with van der Waals surface area (Å²) in [6.07, 6.45) is 1.44. The highest BCUT2D eigenvalue weighted by molar-refractivity contribution is 7.93. The van der Waals surface area contributed by atoms with Crippen molar-refractivity contribution in [1.29, 1.82) is 5.26 Å². The van der Waals surface area contributed by atoms with Crippen LogP contribution >= 0.6 is 11.3 Å². The number of nitrogens with zero attached hydrogens (tertiary/aromatic N) is 4. The highest BCUT2D eigenvalue weighted by Crippen LogP contribution is 2.21. The molecule has 1 amide bonds. The highest BCUT2D eigenvalue weighted by Gasteiger charge is 2.19. The number of nitrogens with one attached hydrogen (secondary N) is 1. The van der Waals surface area contributed by atoms with Crippen molar-refractivity contribution in [1.82, 2.24) is 10.2 Å². The number of aromatic nitrogens is 2. The Morgan fingerprint density at radius 1 is 1.31 bits per heavy atom. The first-order valence-corrected chi connectivity index (χ1v) is 10.0. The van der Waals surface area contributed by atoms with Crippen LogP contribution in [0.2, 0.25) is 0 Å². The zero-order valence-corrected chi connectivity index (χ0v) is 16.1. The monoisotopic (exact) mass is 391 g/mol. The van der Waals surface area contributed by atoms with Crippen LogP contribution in [0.3, 0.4) is 0 Å². The Balaban J connectivity index is 2.17. The number of benzene rings is 1. The zero-order chi connectivity index (χ0) is 19.3. The molecule has 1 aromatic carbocycles. The average Bonchev–Trinajstić information content (AvgIpc) is 3.09.